The number of nitrogens with two attached hydrogens (primary N) is 1. The Morgan fingerprint density at radius 1 is 1.19 bits per heavy atom. The molecule has 0 atom stereocenters. The molecule has 112 valence electrons. The minimum absolute atomic E-state index is 0.178. The van der Waals surface area contributed by atoms with Crippen LogP contribution in [-0.4, -0.2) is 15.5 Å². The lowest BCUT2D eigenvalue weighted by atomic mass is 10.1. The largest absolute Gasteiger partial charge is 0.326 e. The van der Waals surface area contributed by atoms with Crippen LogP contribution in [0.5, 0.6) is 0 Å². The van der Waals surface area contributed by atoms with E-state index in [1.54, 1.807) is 31.2 Å². The Morgan fingerprint density at radius 3 is 2.52 bits per heavy atom. The second kappa shape index (κ2) is 5.83. The summed E-state index contributed by atoms with van der Waals surface area (Å²) in [7, 11) is -2.36. The lowest BCUT2D eigenvalue weighted by molar-refractivity contribution is 0.593. The first-order valence-corrected chi connectivity index (χ1v) is 7.84. The molecule has 0 unspecified atom stereocenters. The number of benzene rings is 2. The maximum atomic E-state index is 13.3. The Hall–Kier alpha value is -1.92. The van der Waals surface area contributed by atoms with E-state index in [1.807, 2.05) is 0 Å². The highest BCUT2D eigenvalue weighted by Gasteiger charge is 2.23. The molecule has 0 radical (unpaired) electrons. The van der Waals surface area contributed by atoms with Gasteiger partial charge in [-0.05, 0) is 42.3 Å². The van der Waals surface area contributed by atoms with E-state index in [0.717, 1.165) is 9.87 Å². The van der Waals surface area contributed by atoms with Crippen molar-refractivity contribution in [3.63, 3.8) is 0 Å². The molecule has 0 saturated heterocycles. The molecule has 0 aliphatic carbocycles. The molecule has 6 heteroatoms. The third kappa shape index (κ3) is 3.06. The monoisotopic (exact) mass is 308 g/mol. The molecule has 0 aliphatic heterocycles. The quantitative estimate of drug-likeness (QED) is 0.943. The number of rotatable bonds is 4. The lowest BCUT2D eigenvalue weighted by Gasteiger charge is -2.21. The number of sulfonamides is 1. The summed E-state index contributed by atoms with van der Waals surface area (Å²) in [5, 5.41) is 0. The van der Waals surface area contributed by atoms with E-state index in [1.165, 1.54) is 25.2 Å². The zero-order valence-corrected chi connectivity index (χ0v) is 12.7. The molecular formula is C15H17FN2O2S. The van der Waals surface area contributed by atoms with E-state index in [0.29, 0.717) is 5.56 Å². The summed E-state index contributed by atoms with van der Waals surface area (Å²) < 4.78 is 39.7. The average Bonchev–Trinajstić information content (AvgIpc) is 2.46. The van der Waals surface area contributed by atoms with Crippen LogP contribution in [0.3, 0.4) is 0 Å². The van der Waals surface area contributed by atoms with E-state index in [-0.39, 0.29) is 17.1 Å². The van der Waals surface area contributed by atoms with Crippen molar-refractivity contribution in [3.8, 4) is 0 Å². The van der Waals surface area contributed by atoms with Crippen molar-refractivity contribution >= 4 is 15.7 Å². The molecule has 0 saturated carbocycles. The van der Waals surface area contributed by atoms with Crippen LogP contribution >= 0.6 is 0 Å². The minimum atomic E-state index is -3.76. The van der Waals surface area contributed by atoms with Crippen LogP contribution in [0.25, 0.3) is 0 Å². The molecule has 0 aliphatic rings. The fraction of sp³-hybridized carbons (Fsp3) is 0.200. The molecule has 0 amide bonds. The Labute approximate surface area is 124 Å². The maximum Gasteiger partial charge on any atom is 0.264 e. The molecule has 0 aromatic heterocycles. The summed E-state index contributed by atoms with van der Waals surface area (Å²) in [5.41, 5.74) is 7.18. The van der Waals surface area contributed by atoms with Crippen LogP contribution in [0.15, 0.2) is 47.4 Å². The highest BCUT2D eigenvalue weighted by Crippen LogP contribution is 2.25. The highest BCUT2D eigenvalue weighted by atomic mass is 32.2. The van der Waals surface area contributed by atoms with Gasteiger partial charge in [0.05, 0.1) is 10.6 Å². The summed E-state index contributed by atoms with van der Waals surface area (Å²) in [6, 6.07) is 10.5. The van der Waals surface area contributed by atoms with Gasteiger partial charge in [0.2, 0.25) is 0 Å². The minimum Gasteiger partial charge on any atom is -0.326 e. The van der Waals surface area contributed by atoms with E-state index in [9.17, 15) is 12.8 Å². The van der Waals surface area contributed by atoms with Crippen molar-refractivity contribution in [2.75, 3.05) is 11.4 Å². The molecule has 2 N–H and O–H groups in total. The normalized spacial score (nSPS) is 11.4. The first kappa shape index (κ1) is 15.5. The van der Waals surface area contributed by atoms with Gasteiger partial charge in [0.25, 0.3) is 10.0 Å². The van der Waals surface area contributed by atoms with Gasteiger partial charge in [-0.25, -0.2) is 12.8 Å². The Balaban J connectivity index is 2.51. The average molecular weight is 308 g/mol. The third-order valence-electron chi connectivity index (χ3n) is 3.30. The van der Waals surface area contributed by atoms with Crippen molar-refractivity contribution in [2.24, 2.45) is 5.73 Å². The zero-order chi connectivity index (χ0) is 15.6. The second-order valence-electron chi connectivity index (χ2n) is 4.76. The van der Waals surface area contributed by atoms with Crippen molar-refractivity contribution in [1.29, 1.82) is 0 Å². The topological polar surface area (TPSA) is 63.4 Å². The van der Waals surface area contributed by atoms with Gasteiger partial charge in [-0.3, -0.25) is 4.31 Å². The Bertz CT molecular complexity index is 760. The van der Waals surface area contributed by atoms with Crippen molar-refractivity contribution in [3.05, 3.63) is 59.4 Å². The SMILES string of the molecule is Cc1ccc(CN)cc1S(=O)(=O)N(C)c1cccc(F)c1. The van der Waals surface area contributed by atoms with E-state index >= 15 is 0 Å². The standard InChI is InChI=1S/C15H17FN2O2S/c1-11-6-7-12(10-17)8-15(11)21(19,20)18(2)14-5-3-4-13(16)9-14/h3-9H,10,17H2,1-2H3. The molecule has 21 heavy (non-hydrogen) atoms. The van der Waals surface area contributed by atoms with Crippen LogP contribution in [-0.2, 0) is 16.6 Å². The van der Waals surface area contributed by atoms with Crippen LogP contribution in [0.1, 0.15) is 11.1 Å². The molecule has 2 rings (SSSR count). The summed E-state index contributed by atoms with van der Waals surface area (Å²) >= 11 is 0. The number of nitrogens with zero attached hydrogens (tertiary/aromatic N) is 1. The van der Waals surface area contributed by atoms with Gasteiger partial charge in [0.15, 0.2) is 0 Å². The number of hydrogen-bond donors (Lipinski definition) is 1. The highest BCUT2D eigenvalue weighted by molar-refractivity contribution is 7.92. The summed E-state index contributed by atoms with van der Waals surface area (Å²) in [5.74, 6) is -0.484. The maximum absolute atomic E-state index is 13.3. The van der Waals surface area contributed by atoms with Crippen molar-refractivity contribution < 1.29 is 12.8 Å². The molecule has 2 aromatic rings. The van der Waals surface area contributed by atoms with Gasteiger partial charge in [0.1, 0.15) is 5.82 Å². The number of aryl methyl sites for hydroxylation is 1. The van der Waals surface area contributed by atoms with Gasteiger partial charge < -0.3 is 5.73 Å². The first-order valence-electron chi connectivity index (χ1n) is 6.40. The zero-order valence-electron chi connectivity index (χ0n) is 11.9. The second-order valence-corrected chi connectivity index (χ2v) is 6.69. The van der Waals surface area contributed by atoms with E-state index in [2.05, 4.69) is 0 Å². The molecule has 0 spiro atoms. The van der Waals surface area contributed by atoms with Crippen LogP contribution < -0.4 is 10.0 Å². The lowest BCUT2D eigenvalue weighted by Crippen LogP contribution is -2.27. The predicted octanol–water partition coefficient (Wildman–Crippen LogP) is 2.42. The molecule has 2 aromatic carbocycles. The fourth-order valence-corrected chi connectivity index (χ4v) is 3.47. The van der Waals surface area contributed by atoms with Gasteiger partial charge >= 0.3 is 0 Å². The smallest absolute Gasteiger partial charge is 0.264 e. The fourth-order valence-electron chi connectivity index (χ4n) is 2.01. The van der Waals surface area contributed by atoms with Gasteiger partial charge in [-0.1, -0.05) is 18.2 Å². The first-order chi connectivity index (χ1) is 9.86. The number of hydrogen-bond acceptors (Lipinski definition) is 3. The predicted molar refractivity (Wildman–Crippen MR) is 81.1 cm³/mol. The van der Waals surface area contributed by atoms with E-state index in [4.69, 9.17) is 5.73 Å². The van der Waals surface area contributed by atoms with E-state index < -0.39 is 15.8 Å². The van der Waals surface area contributed by atoms with Crippen LogP contribution in [0, 0.1) is 12.7 Å². The molecule has 0 fully saturated rings. The molecular weight excluding hydrogens is 291 g/mol. The molecule has 4 nitrogen and oxygen atoms in total. The summed E-state index contributed by atoms with van der Waals surface area (Å²) in [4.78, 5) is 0.178. The number of halogens is 1. The number of anilines is 1. The van der Waals surface area contributed by atoms with Crippen molar-refractivity contribution in [2.45, 2.75) is 18.4 Å². The Morgan fingerprint density at radius 2 is 1.90 bits per heavy atom. The molecule has 0 bridgehead atoms. The van der Waals surface area contributed by atoms with Crippen molar-refractivity contribution in [1.82, 2.24) is 0 Å². The van der Waals surface area contributed by atoms with Gasteiger partial charge in [0, 0.05) is 13.6 Å². The van der Waals surface area contributed by atoms with Crippen LogP contribution in [0.2, 0.25) is 0 Å². The third-order valence-corrected chi connectivity index (χ3v) is 5.23. The Kier molecular flexibility index (Phi) is 4.29. The summed E-state index contributed by atoms with van der Waals surface area (Å²) in [6.07, 6.45) is 0. The summed E-state index contributed by atoms with van der Waals surface area (Å²) in [6.45, 7) is 1.97. The molecule has 0 heterocycles. The van der Waals surface area contributed by atoms with Gasteiger partial charge in [-0.2, -0.15) is 0 Å². The van der Waals surface area contributed by atoms with Crippen LogP contribution in [0.4, 0.5) is 10.1 Å². The van der Waals surface area contributed by atoms with Gasteiger partial charge in [-0.15, -0.1) is 0 Å².